The van der Waals surface area contributed by atoms with Crippen molar-refractivity contribution in [3.05, 3.63) is 53.7 Å². The molecule has 1 saturated heterocycles. The predicted molar refractivity (Wildman–Crippen MR) is 94.1 cm³/mol. The Morgan fingerprint density at radius 2 is 2.08 bits per heavy atom. The monoisotopic (exact) mass is 345 g/mol. The lowest BCUT2D eigenvalue weighted by Crippen LogP contribution is -2.20. The first-order chi connectivity index (χ1) is 11.4. The number of carbonyl (C=O) groups is 1. The normalized spacial score (nSPS) is 19.0. The molecule has 1 unspecified atom stereocenters. The Morgan fingerprint density at radius 3 is 2.71 bits per heavy atom. The lowest BCUT2D eigenvalue weighted by atomic mass is 10.1. The van der Waals surface area contributed by atoms with Gasteiger partial charge in [0.15, 0.2) is 9.84 Å². The molecule has 6 nitrogen and oxygen atoms in total. The van der Waals surface area contributed by atoms with Gasteiger partial charge < -0.3 is 10.6 Å². The van der Waals surface area contributed by atoms with Crippen molar-refractivity contribution >= 4 is 27.2 Å². The maximum atomic E-state index is 12.2. The fourth-order valence-electron chi connectivity index (χ4n) is 2.67. The zero-order chi connectivity index (χ0) is 17.2. The van der Waals surface area contributed by atoms with Gasteiger partial charge in [0.2, 0.25) is 0 Å². The summed E-state index contributed by atoms with van der Waals surface area (Å²) in [5, 5.41) is 5.91. The number of hydrogen-bond acceptors (Lipinski definition) is 5. The standard InChI is InChI=1S/C17H19N3O3S/c1-12-3-2-4-13(9-12)17(21)20-16-6-5-14(10-18-16)19-15-7-8-24(22,23)11-15/h2-6,9-10,15,19H,7-8,11H2,1H3,(H,18,20,21). The molecule has 126 valence electrons. The van der Waals surface area contributed by atoms with E-state index in [1.54, 1.807) is 24.4 Å². The molecule has 0 spiro atoms. The number of carbonyl (C=O) groups excluding carboxylic acids is 1. The van der Waals surface area contributed by atoms with Gasteiger partial charge in [0.1, 0.15) is 5.82 Å². The Balaban J connectivity index is 1.61. The molecule has 1 aliphatic heterocycles. The number of aromatic nitrogens is 1. The zero-order valence-electron chi connectivity index (χ0n) is 13.3. The number of anilines is 2. The molecule has 1 aromatic heterocycles. The van der Waals surface area contributed by atoms with Crippen LogP contribution in [-0.4, -0.2) is 36.9 Å². The molecule has 0 radical (unpaired) electrons. The van der Waals surface area contributed by atoms with Gasteiger partial charge in [-0.1, -0.05) is 17.7 Å². The maximum absolute atomic E-state index is 12.2. The third-order valence-electron chi connectivity index (χ3n) is 3.89. The van der Waals surface area contributed by atoms with Crippen LogP contribution in [0.15, 0.2) is 42.6 Å². The largest absolute Gasteiger partial charge is 0.380 e. The molecule has 1 aliphatic rings. The Morgan fingerprint density at radius 1 is 1.25 bits per heavy atom. The van der Waals surface area contributed by atoms with E-state index in [4.69, 9.17) is 0 Å². The predicted octanol–water partition coefficient (Wildman–Crippen LogP) is 2.24. The van der Waals surface area contributed by atoms with Gasteiger partial charge in [-0.3, -0.25) is 4.79 Å². The summed E-state index contributed by atoms with van der Waals surface area (Å²) in [5.41, 5.74) is 2.34. The molecular formula is C17H19N3O3S. The molecule has 1 aromatic carbocycles. The molecule has 0 aliphatic carbocycles. The van der Waals surface area contributed by atoms with Crippen LogP contribution in [0, 0.1) is 6.92 Å². The molecule has 2 aromatic rings. The highest BCUT2D eigenvalue weighted by molar-refractivity contribution is 7.91. The van der Waals surface area contributed by atoms with Gasteiger partial charge in [-0.05, 0) is 37.6 Å². The van der Waals surface area contributed by atoms with Gasteiger partial charge in [0.25, 0.3) is 5.91 Å². The maximum Gasteiger partial charge on any atom is 0.256 e. The molecule has 1 amide bonds. The molecule has 1 fully saturated rings. The Kier molecular flexibility index (Phi) is 4.53. The Bertz CT molecular complexity index is 848. The van der Waals surface area contributed by atoms with E-state index in [1.807, 2.05) is 25.1 Å². The molecule has 24 heavy (non-hydrogen) atoms. The molecule has 2 N–H and O–H groups in total. The first kappa shape index (κ1) is 16.4. The SMILES string of the molecule is Cc1cccc(C(=O)Nc2ccc(NC3CCS(=O)(=O)C3)cn2)c1. The molecule has 2 heterocycles. The zero-order valence-corrected chi connectivity index (χ0v) is 14.1. The minimum atomic E-state index is -2.91. The van der Waals surface area contributed by atoms with E-state index in [-0.39, 0.29) is 23.5 Å². The number of nitrogens with one attached hydrogen (secondary N) is 2. The van der Waals surface area contributed by atoms with Crippen LogP contribution in [0.5, 0.6) is 0 Å². The van der Waals surface area contributed by atoms with Crippen LogP contribution in [0.4, 0.5) is 11.5 Å². The molecular weight excluding hydrogens is 326 g/mol. The Hall–Kier alpha value is -2.41. The first-order valence-electron chi connectivity index (χ1n) is 7.72. The van der Waals surface area contributed by atoms with Crippen molar-refractivity contribution in [2.75, 3.05) is 22.1 Å². The molecule has 1 atom stereocenters. The minimum absolute atomic E-state index is 0.0791. The highest BCUT2D eigenvalue weighted by atomic mass is 32.2. The summed E-state index contributed by atoms with van der Waals surface area (Å²) in [6.45, 7) is 1.93. The van der Waals surface area contributed by atoms with Crippen LogP contribution >= 0.6 is 0 Å². The number of rotatable bonds is 4. The van der Waals surface area contributed by atoms with E-state index in [9.17, 15) is 13.2 Å². The number of pyridine rings is 1. The second-order valence-electron chi connectivity index (χ2n) is 6.00. The number of benzene rings is 1. The highest BCUT2D eigenvalue weighted by Crippen LogP contribution is 2.18. The van der Waals surface area contributed by atoms with Crippen molar-refractivity contribution in [3.8, 4) is 0 Å². The second kappa shape index (κ2) is 6.60. The van der Waals surface area contributed by atoms with Crippen LogP contribution < -0.4 is 10.6 Å². The van der Waals surface area contributed by atoms with E-state index in [0.29, 0.717) is 17.8 Å². The summed E-state index contributed by atoms with van der Waals surface area (Å²) in [7, 11) is -2.91. The van der Waals surface area contributed by atoms with Gasteiger partial charge in [-0.15, -0.1) is 0 Å². The summed E-state index contributed by atoms with van der Waals surface area (Å²) in [6, 6.07) is 10.7. The summed E-state index contributed by atoms with van der Waals surface area (Å²) in [4.78, 5) is 16.4. The van der Waals surface area contributed by atoms with E-state index in [2.05, 4.69) is 15.6 Å². The van der Waals surface area contributed by atoms with Crippen molar-refractivity contribution in [2.24, 2.45) is 0 Å². The highest BCUT2D eigenvalue weighted by Gasteiger charge is 2.27. The summed E-state index contributed by atoms with van der Waals surface area (Å²) in [6.07, 6.45) is 2.20. The summed E-state index contributed by atoms with van der Waals surface area (Å²) in [5.74, 6) is 0.613. The summed E-state index contributed by atoms with van der Waals surface area (Å²) >= 11 is 0. The van der Waals surface area contributed by atoms with Crippen molar-refractivity contribution in [1.82, 2.24) is 4.98 Å². The van der Waals surface area contributed by atoms with Crippen LogP contribution in [0.1, 0.15) is 22.3 Å². The van der Waals surface area contributed by atoms with Crippen LogP contribution in [0.3, 0.4) is 0 Å². The minimum Gasteiger partial charge on any atom is -0.380 e. The average molecular weight is 345 g/mol. The van der Waals surface area contributed by atoms with Gasteiger partial charge >= 0.3 is 0 Å². The van der Waals surface area contributed by atoms with Gasteiger partial charge in [0, 0.05) is 11.6 Å². The lowest BCUT2D eigenvalue weighted by molar-refractivity contribution is 0.102. The molecule has 0 saturated carbocycles. The first-order valence-corrected chi connectivity index (χ1v) is 9.54. The second-order valence-corrected chi connectivity index (χ2v) is 8.23. The fourth-order valence-corrected chi connectivity index (χ4v) is 4.35. The quantitative estimate of drug-likeness (QED) is 0.887. The van der Waals surface area contributed by atoms with E-state index in [1.165, 1.54) is 0 Å². The Labute approximate surface area is 141 Å². The molecule has 0 bridgehead atoms. The van der Waals surface area contributed by atoms with Gasteiger partial charge in [0.05, 0.1) is 23.4 Å². The van der Waals surface area contributed by atoms with E-state index >= 15 is 0 Å². The smallest absolute Gasteiger partial charge is 0.256 e. The number of aryl methyl sites for hydroxylation is 1. The molecule has 7 heteroatoms. The number of amides is 1. The van der Waals surface area contributed by atoms with Crippen molar-refractivity contribution in [3.63, 3.8) is 0 Å². The number of nitrogens with zero attached hydrogens (tertiary/aromatic N) is 1. The van der Waals surface area contributed by atoms with Crippen LogP contribution in [0.25, 0.3) is 0 Å². The van der Waals surface area contributed by atoms with Crippen LogP contribution in [0.2, 0.25) is 0 Å². The fraction of sp³-hybridized carbons (Fsp3) is 0.294. The van der Waals surface area contributed by atoms with Crippen molar-refractivity contribution < 1.29 is 13.2 Å². The third-order valence-corrected chi connectivity index (χ3v) is 5.66. The van der Waals surface area contributed by atoms with Gasteiger partial charge in [-0.25, -0.2) is 13.4 Å². The van der Waals surface area contributed by atoms with Crippen molar-refractivity contribution in [2.45, 2.75) is 19.4 Å². The third kappa shape index (κ3) is 4.11. The lowest BCUT2D eigenvalue weighted by Gasteiger charge is -2.12. The number of hydrogen-bond donors (Lipinski definition) is 2. The van der Waals surface area contributed by atoms with E-state index < -0.39 is 9.84 Å². The van der Waals surface area contributed by atoms with Crippen molar-refractivity contribution in [1.29, 1.82) is 0 Å². The van der Waals surface area contributed by atoms with Crippen LogP contribution in [-0.2, 0) is 9.84 Å². The topological polar surface area (TPSA) is 88.2 Å². The number of sulfone groups is 1. The molecule has 3 rings (SSSR count). The average Bonchev–Trinajstić information content (AvgIpc) is 2.88. The van der Waals surface area contributed by atoms with E-state index in [0.717, 1.165) is 11.3 Å². The van der Waals surface area contributed by atoms with Gasteiger partial charge in [-0.2, -0.15) is 0 Å². The summed E-state index contributed by atoms with van der Waals surface area (Å²) < 4.78 is 22.9.